The van der Waals surface area contributed by atoms with Gasteiger partial charge in [-0.25, -0.2) is 0 Å². The summed E-state index contributed by atoms with van der Waals surface area (Å²) in [5.41, 5.74) is 0.668. The van der Waals surface area contributed by atoms with Gasteiger partial charge < -0.3 is 10.2 Å². The summed E-state index contributed by atoms with van der Waals surface area (Å²) in [7, 11) is 0. The van der Waals surface area contributed by atoms with E-state index in [9.17, 15) is 19.5 Å². The van der Waals surface area contributed by atoms with E-state index in [0.29, 0.717) is 12.0 Å². The molecule has 0 saturated heterocycles. The molecule has 0 aliphatic heterocycles. The topological polar surface area (TPSA) is 91.7 Å². The molecule has 1 aliphatic rings. The summed E-state index contributed by atoms with van der Waals surface area (Å²) in [4.78, 5) is 34.7. The van der Waals surface area contributed by atoms with Crippen LogP contribution in [0.25, 0.3) is 0 Å². The highest BCUT2D eigenvalue weighted by molar-refractivity contribution is 6.23. The van der Waals surface area contributed by atoms with Crippen molar-refractivity contribution in [3.63, 3.8) is 0 Å². The third kappa shape index (κ3) is 2.81. The van der Waals surface area contributed by atoms with Crippen molar-refractivity contribution in [2.24, 2.45) is 5.92 Å². The van der Waals surface area contributed by atoms with Crippen molar-refractivity contribution in [3.8, 4) is 11.5 Å². The minimum Gasteiger partial charge on any atom is -0.504 e. The van der Waals surface area contributed by atoms with Crippen LogP contribution in [0, 0.1) is 5.92 Å². The smallest absolute Gasteiger partial charge is 0.157 e. The van der Waals surface area contributed by atoms with Crippen LogP contribution in [-0.2, 0) is 20.8 Å². The third-order valence-electron chi connectivity index (χ3n) is 3.28. The van der Waals surface area contributed by atoms with Crippen molar-refractivity contribution in [1.82, 2.24) is 0 Å². The standard InChI is InChI=1S/C14H14O5/c15-9-3-1-8(7-13(9)19)2-4-10(16)14-11(17)5-6-12(14)18/h1,3,7,14-15,19H,2,4-6H2. The number of hydrogen-bond donors (Lipinski definition) is 2. The summed E-state index contributed by atoms with van der Waals surface area (Å²) < 4.78 is 0. The van der Waals surface area contributed by atoms with E-state index in [1.165, 1.54) is 12.1 Å². The van der Waals surface area contributed by atoms with Crippen molar-refractivity contribution in [3.05, 3.63) is 23.8 Å². The van der Waals surface area contributed by atoms with Crippen molar-refractivity contribution in [2.45, 2.75) is 25.7 Å². The third-order valence-corrected chi connectivity index (χ3v) is 3.28. The second-order valence-corrected chi connectivity index (χ2v) is 4.66. The Kier molecular flexibility index (Phi) is 3.64. The Labute approximate surface area is 109 Å². The number of hydrogen-bond acceptors (Lipinski definition) is 5. The highest BCUT2D eigenvalue weighted by atomic mass is 16.3. The minimum atomic E-state index is -1.08. The number of rotatable bonds is 4. The number of aryl methyl sites for hydroxylation is 1. The van der Waals surface area contributed by atoms with E-state index in [2.05, 4.69) is 0 Å². The van der Waals surface area contributed by atoms with Crippen LogP contribution in [-0.4, -0.2) is 27.6 Å². The summed E-state index contributed by atoms with van der Waals surface area (Å²) in [6, 6.07) is 4.28. The molecular weight excluding hydrogens is 248 g/mol. The maximum Gasteiger partial charge on any atom is 0.157 e. The van der Waals surface area contributed by atoms with Crippen molar-refractivity contribution in [2.75, 3.05) is 0 Å². The van der Waals surface area contributed by atoms with Crippen LogP contribution in [0.4, 0.5) is 0 Å². The quantitative estimate of drug-likeness (QED) is 0.627. The van der Waals surface area contributed by atoms with Crippen LogP contribution < -0.4 is 0 Å². The fraction of sp³-hybridized carbons (Fsp3) is 0.357. The highest BCUT2D eigenvalue weighted by Gasteiger charge is 2.37. The highest BCUT2D eigenvalue weighted by Crippen LogP contribution is 2.26. The van der Waals surface area contributed by atoms with E-state index >= 15 is 0 Å². The Morgan fingerprint density at radius 3 is 2.32 bits per heavy atom. The molecule has 0 aromatic heterocycles. The lowest BCUT2D eigenvalue weighted by Crippen LogP contribution is -2.25. The molecule has 0 radical (unpaired) electrons. The molecule has 1 aromatic carbocycles. The average molecular weight is 262 g/mol. The number of ketones is 3. The molecule has 0 amide bonds. The Bertz CT molecular complexity index is 531. The lowest BCUT2D eigenvalue weighted by molar-refractivity contribution is -0.136. The zero-order valence-corrected chi connectivity index (χ0v) is 10.3. The lowest BCUT2D eigenvalue weighted by Gasteiger charge is -2.06. The van der Waals surface area contributed by atoms with Crippen LogP contribution in [0.3, 0.4) is 0 Å². The average Bonchev–Trinajstić information content (AvgIpc) is 2.70. The van der Waals surface area contributed by atoms with Gasteiger partial charge in [0.15, 0.2) is 28.8 Å². The molecule has 5 heteroatoms. The van der Waals surface area contributed by atoms with E-state index in [-0.39, 0.29) is 48.1 Å². The minimum absolute atomic E-state index is 0.0758. The van der Waals surface area contributed by atoms with Gasteiger partial charge in [0.05, 0.1) is 0 Å². The zero-order chi connectivity index (χ0) is 14.0. The van der Waals surface area contributed by atoms with Crippen LogP contribution >= 0.6 is 0 Å². The van der Waals surface area contributed by atoms with Gasteiger partial charge in [0, 0.05) is 19.3 Å². The number of Topliss-reactive ketones (excluding diaryl/α,β-unsaturated/α-hetero) is 3. The first kappa shape index (κ1) is 13.3. The van der Waals surface area contributed by atoms with Gasteiger partial charge in [-0.05, 0) is 24.1 Å². The molecule has 1 saturated carbocycles. The molecular formula is C14H14O5. The maximum absolute atomic E-state index is 11.8. The molecule has 1 fully saturated rings. The summed E-state index contributed by atoms with van der Waals surface area (Å²) in [5, 5.41) is 18.5. The predicted molar refractivity (Wildman–Crippen MR) is 65.8 cm³/mol. The first-order chi connectivity index (χ1) is 8.99. The van der Waals surface area contributed by atoms with Crippen LogP contribution in [0.5, 0.6) is 11.5 Å². The van der Waals surface area contributed by atoms with E-state index < -0.39 is 5.92 Å². The molecule has 0 bridgehead atoms. The van der Waals surface area contributed by atoms with E-state index in [1.54, 1.807) is 6.07 Å². The molecule has 0 atom stereocenters. The number of aromatic hydroxyl groups is 2. The van der Waals surface area contributed by atoms with E-state index in [1.807, 2.05) is 0 Å². The van der Waals surface area contributed by atoms with Crippen molar-refractivity contribution >= 4 is 17.3 Å². The van der Waals surface area contributed by atoms with Crippen molar-refractivity contribution < 1.29 is 24.6 Å². The van der Waals surface area contributed by atoms with Gasteiger partial charge in [0.1, 0.15) is 5.92 Å². The largest absolute Gasteiger partial charge is 0.504 e. The Hall–Kier alpha value is -2.17. The first-order valence-electron chi connectivity index (χ1n) is 6.08. The monoisotopic (exact) mass is 262 g/mol. The molecule has 1 aliphatic carbocycles. The van der Waals surface area contributed by atoms with E-state index in [4.69, 9.17) is 5.11 Å². The number of phenols is 2. The molecule has 0 spiro atoms. The van der Waals surface area contributed by atoms with Crippen LogP contribution in [0.2, 0.25) is 0 Å². The maximum atomic E-state index is 11.8. The normalized spacial score (nSPS) is 16.0. The Morgan fingerprint density at radius 2 is 1.74 bits per heavy atom. The second-order valence-electron chi connectivity index (χ2n) is 4.66. The molecule has 2 N–H and O–H groups in total. The zero-order valence-electron chi connectivity index (χ0n) is 10.3. The van der Waals surface area contributed by atoms with Crippen LogP contribution in [0.15, 0.2) is 18.2 Å². The van der Waals surface area contributed by atoms with Crippen LogP contribution in [0.1, 0.15) is 24.8 Å². The fourth-order valence-corrected chi connectivity index (χ4v) is 2.21. The first-order valence-corrected chi connectivity index (χ1v) is 6.08. The molecule has 100 valence electrons. The summed E-state index contributed by atoms with van der Waals surface area (Å²) in [5.74, 6) is -2.49. The van der Waals surface area contributed by atoms with Gasteiger partial charge in [-0.3, -0.25) is 14.4 Å². The van der Waals surface area contributed by atoms with Crippen molar-refractivity contribution in [1.29, 1.82) is 0 Å². The van der Waals surface area contributed by atoms with Gasteiger partial charge >= 0.3 is 0 Å². The number of carbonyl (C=O) groups excluding carboxylic acids is 3. The lowest BCUT2D eigenvalue weighted by atomic mass is 9.95. The molecule has 5 nitrogen and oxygen atoms in total. The number of phenolic OH excluding ortho intramolecular Hbond substituents is 2. The summed E-state index contributed by atoms with van der Waals surface area (Å²) in [6.07, 6.45) is 0.723. The van der Waals surface area contributed by atoms with E-state index in [0.717, 1.165) is 0 Å². The molecule has 1 aromatic rings. The number of carbonyl (C=O) groups is 3. The predicted octanol–water partition coefficient (Wildman–Crippen LogP) is 1.15. The second kappa shape index (κ2) is 5.22. The van der Waals surface area contributed by atoms with Gasteiger partial charge in [-0.1, -0.05) is 6.07 Å². The van der Waals surface area contributed by atoms with Gasteiger partial charge in [0.2, 0.25) is 0 Å². The van der Waals surface area contributed by atoms with Gasteiger partial charge in [-0.15, -0.1) is 0 Å². The number of benzene rings is 1. The summed E-state index contributed by atoms with van der Waals surface area (Å²) in [6.45, 7) is 0. The molecule has 0 unspecified atom stereocenters. The summed E-state index contributed by atoms with van der Waals surface area (Å²) >= 11 is 0. The molecule has 2 rings (SSSR count). The Balaban J connectivity index is 1.98. The Morgan fingerprint density at radius 1 is 1.11 bits per heavy atom. The fourth-order valence-electron chi connectivity index (χ4n) is 2.21. The SMILES string of the molecule is O=C1CCC(=O)C1C(=O)CCc1ccc(O)c(O)c1. The van der Waals surface area contributed by atoms with Gasteiger partial charge in [-0.2, -0.15) is 0 Å². The van der Waals surface area contributed by atoms with Gasteiger partial charge in [0.25, 0.3) is 0 Å². The molecule has 0 heterocycles. The molecule has 19 heavy (non-hydrogen) atoms.